The second kappa shape index (κ2) is 4.61. The van der Waals surface area contributed by atoms with Gasteiger partial charge in [0.15, 0.2) is 5.82 Å². The van der Waals surface area contributed by atoms with Crippen molar-refractivity contribution >= 4 is 22.6 Å². The van der Waals surface area contributed by atoms with Crippen LogP contribution >= 0.6 is 0 Å². The highest BCUT2D eigenvalue weighted by Crippen LogP contribution is 2.20. The van der Waals surface area contributed by atoms with Crippen molar-refractivity contribution in [2.45, 2.75) is 13.5 Å². The van der Waals surface area contributed by atoms with Crippen LogP contribution in [0.4, 0.5) is 5.82 Å². The van der Waals surface area contributed by atoms with Gasteiger partial charge in [-0.2, -0.15) is 5.10 Å². The molecule has 0 unspecified atom stereocenters. The standard InChI is InChI=1S/C14H14N4O/c1-2-18-9-5-8-12(18)14(19)15-13-10-6-3-4-7-11(10)16-17-13/h3-9H,2H2,1H3,(H2,15,16,17,19). The summed E-state index contributed by atoms with van der Waals surface area (Å²) in [6.07, 6.45) is 1.89. The first-order valence-electron chi connectivity index (χ1n) is 6.19. The molecule has 0 saturated carbocycles. The molecule has 1 amide bonds. The van der Waals surface area contributed by atoms with Crippen LogP contribution in [0, 0.1) is 0 Å². The van der Waals surface area contributed by atoms with E-state index in [4.69, 9.17) is 0 Å². The Balaban J connectivity index is 1.91. The van der Waals surface area contributed by atoms with Crippen molar-refractivity contribution in [3.8, 4) is 0 Å². The summed E-state index contributed by atoms with van der Waals surface area (Å²) in [6, 6.07) is 11.4. The van der Waals surface area contributed by atoms with E-state index in [9.17, 15) is 4.79 Å². The average molecular weight is 254 g/mol. The van der Waals surface area contributed by atoms with Crippen molar-refractivity contribution < 1.29 is 4.79 Å². The smallest absolute Gasteiger partial charge is 0.273 e. The summed E-state index contributed by atoms with van der Waals surface area (Å²) in [5.41, 5.74) is 1.54. The molecule has 0 aliphatic rings. The zero-order valence-electron chi connectivity index (χ0n) is 10.6. The summed E-state index contributed by atoms with van der Waals surface area (Å²) in [7, 11) is 0. The lowest BCUT2D eigenvalue weighted by Gasteiger charge is -2.06. The van der Waals surface area contributed by atoms with E-state index in [0.717, 1.165) is 17.4 Å². The highest BCUT2D eigenvalue weighted by molar-refractivity contribution is 6.07. The molecule has 0 aliphatic heterocycles. The topological polar surface area (TPSA) is 62.7 Å². The molecule has 2 aromatic heterocycles. The van der Waals surface area contributed by atoms with Crippen molar-refractivity contribution in [3.63, 3.8) is 0 Å². The molecule has 2 heterocycles. The Hall–Kier alpha value is -2.56. The van der Waals surface area contributed by atoms with E-state index in [-0.39, 0.29) is 5.91 Å². The minimum Gasteiger partial charge on any atom is -0.344 e. The van der Waals surface area contributed by atoms with Crippen LogP contribution in [0.25, 0.3) is 10.9 Å². The van der Waals surface area contributed by atoms with Crippen LogP contribution in [0.5, 0.6) is 0 Å². The molecule has 0 aliphatic carbocycles. The molecule has 2 N–H and O–H groups in total. The van der Waals surface area contributed by atoms with E-state index in [1.54, 1.807) is 6.07 Å². The number of aromatic amines is 1. The molecule has 0 atom stereocenters. The minimum atomic E-state index is -0.149. The number of aromatic nitrogens is 3. The number of nitrogens with zero attached hydrogens (tertiary/aromatic N) is 2. The normalized spacial score (nSPS) is 10.8. The molecule has 0 radical (unpaired) electrons. The third-order valence-electron chi connectivity index (χ3n) is 3.11. The van der Waals surface area contributed by atoms with Crippen molar-refractivity contribution in [3.05, 3.63) is 48.3 Å². The van der Waals surface area contributed by atoms with Crippen molar-refractivity contribution in [2.75, 3.05) is 5.32 Å². The molecule has 0 spiro atoms. The number of aryl methyl sites for hydroxylation is 1. The maximum atomic E-state index is 12.2. The van der Waals surface area contributed by atoms with E-state index in [2.05, 4.69) is 15.5 Å². The fraction of sp³-hybridized carbons (Fsp3) is 0.143. The summed E-state index contributed by atoms with van der Waals surface area (Å²) >= 11 is 0. The number of amides is 1. The summed E-state index contributed by atoms with van der Waals surface area (Å²) in [5.74, 6) is 0.411. The van der Waals surface area contributed by atoms with Gasteiger partial charge in [0.1, 0.15) is 5.69 Å². The van der Waals surface area contributed by atoms with Crippen LogP contribution in [0.3, 0.4) is 0 Å². The summed E-state index contributed by atoms with van der Waals surface area (Å²) in [6.45, 7) is 2.76. The van der Waals surface area contributed by atoms with Crippen LogP contribution in [0.15, 0.2) is 42.6 Å². The number of fused-ring (bicyclic) bond motifs is 1. The minimum absolute atomic E-state index is 0.149. The van der Waals surface area contributed by atoms with Gasteiger partial charge in [0.05, 0.1) is 5.52 Å². The van der Waals surface area contributed by atoms with Gasteiger partial charge in [0.25, 0.3) is 5.91 Å². The van der Waals surface area contributed by atoms with Gasteiger partial charge < -0.3 is 9.88 Å². The molecule has 0 fully saturated rings. The van der Waals surface area contributed by atoms with E-state index in [0.29, 0.717) is 11.5 Å². The quantitative estimate of drug-likeness (QED) is 0.754. The number of benzene rings is 1. The average Bonchev–Trinajstić information content (AvgIpc) is 3.05. The van der Waals surface area contributed by atoms with Gasteiger partial charge in [-0.15, -0.1) is 0 Å². The van der Waals surface area contributed by atoms with Crippen molar-refractivity contribution in [1.82, 2.24) is 14.8 Å². The number of carbonyl (C=O) groups is 1. The SMILES string of the molecule is CCn1cccc1C(=O)Nc1n[nH]c2ccccc12. The lowest BCUT2D eigenvalue weighted by atomic mass is 10.2. The zero-order chi connectivity index (χ0) is 13.2. The number of para-hydroxylation sites is 1. The van der Waals surface area contributed by atoms with Crippen molar-refractivity contribution in [1.29, 1.82) is 0 Å². The van der Waals surface area contributed by atoms with E-state index < -0.39 is 0 Å². The Bertz CT molecular complexity index is 726. The zero-order valence-corrected chi connectivity index (χ0v) is 10.6. The largest absolute Gasteiger partial charge is 0.344 e. The lowest BCUT2D eigenvalue weighted by Crippen LogP contribution is -2.16. The first-order valence-corrected chi connectivity index (χ1v) is 6.19. The highest BCUT2D eigenvalue weighted by atomic mass is 16.2. The predicted octanol–water partition coefficient (Wildman–Crippen LogP) is 2.64. The van der Waals surface area contributed by atoms with Crippen LogP contribution < -0.4 is 5.32 Å². The van der Waals surface area contributed by atoms with Gasteiger partial charge in [-0.1, -0.05) is 12.1 Å². The first kappa shape index (κ1) is 11.5. The maximum Gasteiger partial charge on any atom is 0.273 e. The third-order valence-corrected chi connectivity index (χ3v) is 3.11. The fourth-order valence-electron chi connectivity index (χ4n) is 2.13. The van der Waals surface area contributed by atoms with E-state index in [1.807, 2.05) is 48.0 Å². The Morgan fingerprint density at radius 1 is 1.32 bits per heavy atom. The molecule has 3 aromatic rings. The number of carbonyl (C=O) groups excluding carboxylic acids is 1. The van der Waals surface area contributed by atoms with Gasteiger partial charge in [0.2, 0.25) is 0 Å². The van der Waals surface area contributed by atoms with Gasteiger partial charge in [-0.3, -0.25) is 9.89 Å². The van der Waals surface area contributed by atoms with E-state index in [1.165, 1.54) is 0 Å². The second-order valence-corrected chi connectivity index (χ2v) is 4.25. The highest BCUT2D eigenvalue weighted by Gasteiger charge is 2.13. The Morgan fingerprint density at radius 2 is 2.16 bits per heavy atom. The van der Waals surface area contributed by atoms with Gasteiger partial charge in [0, 0.05) is 18.1 Å². The molecular formula is C14H14N4O. The number of anilines is 1. The third kappa shape index (κ3) is 1.99. The van der Waals surface area contributed by atoms with Gasteiger partial charge in [-0.05, 0) is 31.2 Å². The van der Waals surface area contributed by atoms with Gasteiger partial charge in [-0.25, -0.2) is 0 Å². The predicted molar refractivity (Wildman–Crippen MR) is 74.2 cm³/mol. The summed E-state index contributed by atoms with van der Waals surface area (Å²) in [4.78, 5) is 12.2. The summed E-state index contributed by atoms with van der Waals surface area (Å²) < 4.78 is 1.89. The maximum absolute atomic E-state index is 12.2. The summed E-state index contributed by atoms with van der Waals surface area (Å²) in [5, 5.41) is 10.8. The van der Waals surface area contributed by atoms with Crippen LogP contribution in [0.1, 0.15) is 17.4 Å². The molecule has 5 nitrogen and oxygen atoms in total. The molecule has 0 saturated heterocycles. The molecule has 0 bridgehead atoms. The second-order valence-electron chi connectivity index (χ2n) is 4.25. The fourth-order valence-corrected chi connectivity index (χ4v) is 2.13. The molecule has 5 heteroatoms. The lowest BCUT2D eigenvalue weighted by molar-refractivity contribution is 0.101. The molecular weight excluding hydrogens is 240 g/mol. The number of hydrogen-bond donors (Lipinski definition) is 2. The van der Waals surface area contributed by atoms with Gasteiger partial charge >= 0.3 is 0 Å². The number of H-pyrrole nitrogens is 1. The Labute approximate surface area is 110 Å². The number of nitrogens with one attached hydrogen (secondary N) is 2. The molecule has 1 aromatic carbocycles. The molecule has 96 valence electrons. The van der Waals surface area contributed by atoms with Crippen LogP contribution in [-0.2, 0) is 6.54 Å². The number of hydrogen-bond acceptors (Lipinski definition) is 2. The first-order chi connectivity index (χ1) is 9.29. The van der Waals surface area contributed by atoms with E-state index >= 15 is 0 Å². The van der Waals surface area contributed by atoms with Crippen molar-refractivity contribution in [2.24, 2.45) is 0 Å². The van der Waals surface area contributed by atoms with Crippen LogP contribution in [-0.4, -0.2) is 20.7 Å². The molecule has 3 rings (SSSR count). The Kier molecular flexibility index (Phi) is 2.79. The molecule has 19 heavy (non-hydrogen) atoms. The monoisotopic (exact) mass is 254 g/mol. The number of rotatable bonds is 3. The Morgan fingerprint density at radius 3 is 3.00 bits per heavy atom. The van der Waals surface area contributed by atoms with Crippen LogP contribution in [0.2, 0.25) is 0 Å².